The van der Waals surface area contributed by atoms with Gasteiger partial charge in [0.15, 0.2) is 6.29 Å². The minimum atomic E-state index is 0.0752. The van der Waals surface area contributed by atoms with E-state index in [0.717, 1.165) is 38.9 Å². The second kappa shape index (κ2) is 14.4. The van der Waals surface area contributed by atoms with Crippen LogP contribution in [0.2, 0.25) is 0 Å². The first-order chi connectivity index (χ1) is 10.4. The van der Waals surface area contributed by atoms with Crippen LogP contribution in [-0.4, -0.2) is 19.5 Å². The fraction of sp³-hybridized carbons (Fsp3) is 0.895. The second-order valence-corrected chi connectivity index (χ2v) is 6.00. The number of unbranched alkanes of at least 4 members (excludes halogenated alkanes) is 8. The fourth-order valence-corrected chi connectivity index (χ4v) is 2.54. The van der Waals surface area contributed by atoms with Gasteiger partial charge in [-0.25, -0.2) is 0 Å². The van der Waals surface area contributed by atoms with Gasteiger partial charge >= 0.3 is 0 Å². The predicted octanol–water partition coefficient (Wildman–Crippen LogP) is 5.45. The molecule has 1 aliphatic rings. The van der Waals surface area contributed by atoms with Crippen molar-refractivity contribution < 1.29 is 9.47 Å². The smallest absolute Gasteiger partial charge is 0.157 e. The van der Waals surface area contributed by atoms with Crippen LogP contribution in [0.25, 0.3) is 0 Å². The van der Waals surface area contributed by atoms with E-state index in [4.69, 9.17) is 9.47 Å². The van der Waals surface area contributed by atoms with E-state index in [1.807, 2.05) is 0 Å². The van der Waals surface area contributed by atoms with Crippen LogP contribution in [0.3, 0.4) is 0 Å². The van der Waals surface area contributed by atoms with Crippen molar-refractivity contribution in [2.24, 2.45) is 0 Å². The lowest BCUT2D eigenvalue weighted by Crippen LogP contribution is -2.22. The summed E-state index contributed by atoms with van der Waals surface area (Å²) >= 11 is 0. The van der Waals surface area contributed by atoms with Crippen LogP contribution in [0.15, 0.2) is 0 Å². The summed E-state index contributed by atoms with van der Waals surface area (Å²) in [5.41, 5.74) is 0. The average molecular weight is 294 g/mol. The quantitative estimate of drug-likeness (QED) is 0.372. The van der Waals surface area contributed by atoms with Crippen molar-refractivity contribution in [1.82, 2.24) is 0 Å². The van der Waals surface area contributed by atoms with E-state index in [0.29, 0.717) is 0 Å². The molecule has 1 atom stereocenters. The lowest BCUT2D eigenvalue weighted by Gasteiger charge is -2.22. The molecule has 21 heavy (non-hydrogen) atoms. The van der Waals surface area contributed by atoms with Gasteiger partial charge in [-0.05, 0) is 38.5 Å². The molecule has 0 bridgehead atoms. The molecule has 0 amide bonds. The molecule has 2 nitrogen and oxygen atoms in total. The molecule has 0 aliphatic carbocycles. The van der Waals surface area contributed by atoms with E-state index in [2.05, 4.69) is 18.8 Å². The number of ether oxygens (including phenoxy) is 2. The summed E-state index contributed by atoms with van der Waals surface area (Å²) in [4.78, 5) is 0. The van der Waals surface area contributed by atoms with Gasteiger partial charge in [0.2, 0.25) is 0 Å². The number of rotatable bonds is 11. The van der Waals surface area contributed by atoms with Crippen molar-refractivity contribution in [1.29, 1.82) is 0 Å². The third kappa shape index (κ3) is 11.8. The molecule has 0 aromatic rings. The van der Waals surface area contributed by atoms with Crippen LogP contribution in [-0.2, 0) is 9.47 Å². The molecule has 0 aromatic carbocycles. The van der Waals surface area contributed by atoms with Gasteiger partial charge in [-0.2, -0.15) is 0 Å². The molecule has 0 saturated carbocycles. The van der Waals surface area contributed by atoms with Crippen LogP contribution < -0.4 is 0 Å². The molecule has 1 fully saturated rings. The van der Waals surface area contributed by atoms with Gasteiger partial charge in [0.25, 0.3) is 0 Å². The molecule has 0 spiro atoms. The van der Waals surface area contributed by atoms with Crippen molar-refractivity contribution in [3.8, 4) is 11.8 Å². The molecule has 1 heterocycles. The SMILES string of the molecule is CCCCCCCC#CCCCCCOC1CCCCO1. The van der Waals surface area contributed by atoms with Crippen LogP contribution in [0, 0.1) is 11.8 Å². The first-order valence-electron chi connectivity index (χ1n) is 9.12. The van der Waals surface area contributed by atoms with Crippen LogP contribution in [0.5, 0.6) is 0 Å². The molecule has 0 radical (unpaired) electrons. The Morgan fingerprint density at radius 3 is 2.29 bits per heavy atom. The van der Waals surface area contributed by atoms with Crippen LogP contribution in [0.4, 0.5) is 0 Å². The number of hydrogen-bond donors (Lipinski definition) is 0. The molecule has 1 rings (SSSR count). The highest BCUT2D eigenvalue weighted by molar-refractivity contribution is 4.98. The van der Waals surface area contributed by atoms with Crippen molar-refractivity contribution in [3.05, 3.63) is 0 Å². The van der Waals surface area contributed by atoms with E-state index in [9.17, 15) is 0 Å². The summed E-state index contributed by atoms with van der Waals surface area (Å²) in [5.74, 6) is 6.60. The van der Waals surface area contributed by atoms with Gasteiger partial charge < -0.3 is 9.47 Å². The Morgan fingerprint density at radius 1 is 0.905 bits per heavy atom. The Morgan fingerprint density at radius 2 is 1.62 bits per heavy atom. The Kier molecular flexibility index (Phi) is 12.7. The van der Waals surface area contributed by atoms with Gasteiger partial charge in [0.1, 0.15) is 0 Å². The summed E-state index contributed by atoms with van der Waals surface area (Å²) in [5, 5.41) is 0. The third-order valence-electron chi connectivity index (χ3n) is 3.92. The summed E-state index contributed by atoms with van der Waals surface area (Å²) in [6, 6.07) is 0. The zero-order chi connectivity index (χ0) is 15.0. The van der Waals surface area contributed by atoms with Gasteiger partial charge in [-0.3, -0.25) is 0 Å². The fourth-order valence-electron chi connectivity index (χ4n) is 2.54. The van der Waals surface area contributed by atoms with E-state index >= 15 is 0 Å². The topological polar surface area (TPSA) is 18.5 Å². The molecule has 2 heteroatoms. The molecule has 122 valence electrons. The Hall–Kier alpha value is -0.520. The normalized spacial score (nSPS) is 18.2. The minimum Gasteiger partial charge on any atom is -0.353 e. The zero-order valence-corrected chi connectivity index (χ0v) is 14.0. The Balaban J connectivity index is 1.77. The molecule has 1 aliphatic heterocycles. The molecular weight excluding hydrogens is 260 g/mol. The Bertz CT molecular complexity index is 271. The maximum Gasteiger partial charge on any atom is 0.157 e. The van der Waals surface area contributed by atoms with Gasteiger partial charge in [-0.1, -0.05) is 39.0 Å². The summed E-state index contributed by atoms with van der Waals surface area (Å²) in [6.45, 7) is 3.97. The van der Waals surface area contributed by atoms with E-state index < -0.39 is 0 Å². The van der Waals surface area contributed by atoms with E-state index in [1.165, 1.54) is 57.8 Å². The minimum absolute atomic E-state index is 0.0752. The highest BCUT2D eigenvalue weighted by atomic mass is 16.7. The molecular formula is C19H34O2. The lowest BCUT2D eigenvalue weighted by molar-refractivity contribution is -0.162. The predicted molar refractivity (Wildman–Crippen MR) is 89.2 cm³/mol. The van der Waals surface area contributed by atoms with E-state index in [-0.39, 0.29) is 6.29 Å². The van der Waals surface area contributed by atoms with Gasteiger partial charge in [-0.15, -0.1) is 11.8 Å². The maximum atomic E-state index is 5.72. The van der Waals surface area contributed by atoms with Gasteiger partial charge in [0.05, 0.1) is 0 Å². The summed E-state index contributed by atoms with van der Waals surface area (Å²) in [6.07, 6.45) is 16.0. The zero-order valence-electron chi connectivity index (χ0n) is 14.0. The lowest BCUT2D eigenvalue weighted by atomic mass is 10.1. The van der Waals surface area contributed by atoms with Crippen LogP contribution >= 0.6 is 0 Å². The molecule has 1 saturated heterocycles. The Labute approximate surface area is 132 Å². The number of hydrogen-bond acceptors (Lipinski definition) is 2. The monoisotopic (exact) mass is 294 g/mol. The summed E-state index contributed by atoms with van der Waals surface area (Å²) < 4.78 is 11.3. The molecule has 0 aromatic heterocycles. The first kappa shape index (κ1) is 18.5. The molecule has 1 unspecified atom stereocenters. The van der Waals surface area contributed by atoms with Crippen molar-refractivity contribution in [2.45, 2.75) is 96.7 Å². The average Bonchev–Trinajstić information content (AvgIpc) is 2.53. The molecule has 0 N–H and O–H groups in total. The maximum absolute atomic E-state index is 5.72. The van der Waals surface area contributed by atoms with Crippen molar-refractivity contribution >= 4 is 0 Å². The largest absolute Gasteiger partial charge is 0.353 e. The summed E-state index contributed by atoms with van der Waals surface area (Å²) in [7, 11) is 0. The third-order valence-corrected chi connectivity index (χ3v) is 3.92. The van der Waals surface area contributed by atoms with E-state index in [1.54, 1.807) is 0 Å². The van der Waals surface area contributed by atoms with Crippen molar-refractivity contribution in [2.75, 3.05) is 13.2 Å². The van der Waals surface area contributed by atoms with Gasteiger partial charge in [0, 0.05) is 26.1 Å². The standard InChI is InChI=1S/C19H34O2/c1-2-3-4-5-6-7-8-9-10-11-12-14-17-20-19-16-13-15-18-21-19/h19H,2-7,10-18H2,1H3. The second-order valence-electron chi connectivity index (χ2n) is 6.00. The highest BCUT2D eigenvalue weighted by Gasteiger charge is 2.12. The van der Waals surface area contributed by atoms with Crippen LogP contribution in [0.1, 0.15) is 90.4 Å². The van der Waals surface area contributed by atoms with Crippen molar-refractivity contribution in [3.63, 3.8) is 0 Å². The highest BCUT2D eigenvalue weighted by Crippen LogP contribution is 2.14. The first-order valence-corrected chi connectivity index (χ1v) is 9.12.